The van der Waals surface area contributed by atoms with Gasteiger partial charge >= 0.3 is 0 Å². The predicted octanol–water partition coefficient (Wildman–Crippen LogP) is 0.352. The number of hydrogen-bond acceptors (Lipinski definition) is 4. The van der Waals surface area contributed by atoms with E-state index in [0.29, 0.717) is 18.2 Å². The number of nitrogens with zero attached hydrogens (tertiary/aromatic N) is 2. The Kier molecular flexibility index (Phi) is 4.28. The first kappa shape index (κ1) is 13.0. The average molecular weight is 249 g/mol. The summed E-state index contributed by atoms with van der Waals surface area (Å²) in [6.45, 7) is 2.79. The van der Waals surface area contributed by atoms with Gasteiger partial charge in [0.2, 0.25) is 0 Å². The standard InChI is InChI=1S/C13H19N3O2/c14-13(18)12-5-1-4-11(15-12)10-3-2-6-16(9-10)7-8-17/h1,4-5,10,17H,2-3,6-9H2,(H2,14,18). The van der Waals surface area contributed by atoms with E-state index in [0.717, 1.165) is 31.6 Å². The van der Waals surface area contributed by atoms with Crippen molar-refractivity contribution in [3.63, 3.8) is 0 Å². The molecule has 5 heteroatoms. The first-order valence-electron chi connectivity index (χ1n) is 6.30. The number of rotatable bonds is 4. The lowest BCUT2D eigenvalue weighted by atomic mass is 9.94. The molecule has 1 aromatic heterocycles. The highest BCUT2D eigenvalue weighted by molar-refractivity contribution is 5.90. The lowest BCUT2D eigenvalue weighted by Crippen LogP contribution is -2.36. The number of carbonyl (C=O) groups excluding carboxylic acids is 1. The first-order valence-corrected chi connectivity index (χ1v) is 6.30. The summed E-state index contributed by atoms with van der Waals surface area (Å²) in [5, 5.41) is 8.97. The minimum Gasteiger partial charge on any atom is -0.395 e. The Morgan fingerprint density at radius 1 is 1.56 bits per heavy atom. The SMILES string of the molecule is NC(=O)c1cccc(C2CCCN(CCO)C2)n1. The molecule has 1 fully saturated rings. The molecular formula is C13H19N3O2. The molecule has 1 aliphatic rings. The molecule has 1 amide bonds. The molecule has 2 heterocycles. The molecule has 5 nitrogen and oxygen atoms in total. The maximum atomic E-state index is 11.1. The van der Waals surface area contributed by atoms with Gasteiger partial charge in [0.05, 0.1) is 6.61 Å². The molecule has 1 saturated heterocycles. The number of aromatic nitrogens is 1. The van der Waals surface area contributed by atoms with Crippen molar-refractivity contribution in [2.24, 2.45) is 5.73 Å². The monoisotopic (exact) mass is 249 g/mol. The van der Waals surface area contributed by atoms with Gasteiger partial charge in [-0.3, -0.25) is 4.79 Å². The third kappa shape index (κ3) is 3.05. The molecule has 98 valence electrons. The summed E-state index contributed by atoms with van der Waals surface area (Å²) in [5.41, 5.74) is 6.49. The Morgan fingerprint density at radius 3 is 3.11 bits per heavy atom. The predicted molar refractivity (Wildman–Crippen MR) is 68.3 cm³/mol. The van der Waals surface area contributed by atoms with E-state index in [1.165, 1.54) is 0 Å². The molecule has 0 radical (unpaired) electrons. The summed E-state index contributed by atoms with van der Waals surface area (Å²) in [5.74, 6) is -0.163. The van der Waals surface area contributed by atoms with Crippen molar-refractivity contribution < 1.29 is 9.90 Å². The van der Waals surface area contributed by atoms with Crippen LogP contribution in [0, 0.1) is 0 Å². The van der Waals surface area contributed by atoms with E-state index in [2.05, 4.69) is 9.88 Å². The fraction of sp³-hybridized carbons (Fsp3) is 0.538. The fourth-order valence-electron chi connectivity index (χ4n) is 2.46. The van der Waals surface area contributed by atoms with Gasteiger partial charge in [0, 0.05) is 24.7 Å². The molecule has 0 bridgehead atoms. The Bertz CT molecular complexity index is 420. The third-order valence-corrected chi connectivity index (χ3v) is 3.36. The van der Waals surface area contributed by atoms with Gasteiger partial charge in [-0.2, -0.15) is 0 Å². The van der Waals surface area contributed by atoms with Crippen LogP contribution in [0.25, 0.3) is 0 Å². The van der Waals surface area contributed by atoms with Crippen molar-refractivity contribution in [2.75, 3.05) is 26.2 Å². The second-order valence-electron chi connectivity index (χ2n) is 4.68. The number of primary amides is 1. The Hall–Kier alpha value is -1.46. The van der Waals surface area contributed by atoms with Crippen LogP contribution in [0.3, 0.4) is 0 Å². The van der Waals surface area contributed by atoms with E-state index in [1.54, 1.807) is 6.07 Å². The van der Waals surface area contributed by atoms with Crippen molar-refractivity contribution >= 4 is 5.91 Å². The van der Waals surface area contributed by atoms with Crippen LogP contribution in [0.2, 0.25) is 0 Å². The van der Waals surface area contributed by atoms with Crippen molar-refractivity contribution in [2.45, 2.75) is 18.8 Å². The van der Waals surface area contributed by atoms with E-state index in [1.807, 2.05) is 12.1 Å². The van der Waals surface area contributed by atoms with Crippen LogP contribution in [0.1, 0.15) is 34.9 Å². The van der Waals surface area contributed by atoms with Gasteiger partial charge in [-0.1, -0.05) is 6.07 Å². The molecule has 18 heavy (non-hydrogen) atoms. The highest BCUT2D eigenvalue weighted by Crippen LogP contribution is 2.25. The lowest BCUT2D eigenvalue weighted by Gasteiger charge is -2.31. The number of amides is 1. The Balaban J connectivity index is 2.10. The van der Waals surface area contributed by atoms with Crippen LogP contribution >= 0.6 is 0 Å². The molecule has 3 N–H and O–H groups in total. The Morgan fingerprint density at radius 2 is 2.39 bits per heavy atom. The summed E-state index contributed by atoms with van der Waals surface area (Å²) >= 11 is 0. The molecule has 0 aliphatic carbocycles. The molecule has 0 saturated carbocycles. The quantitative estimate of drug-likeness (QED) is 0.807. The molecule has 1 unspecified atom stereocenters. The second kappa shape index (κ2) is 5.93. The summed E-state index contributed by atoms with van der Waals surface area (Å²) < 4.78 is 0. The van der Waals surface area contributed by atoms with E-state index in [9.17, 15) is 4.79 Å². The van der Waals surface area contributed by atoms with Crippen molar-refractivity contribution in [1.29, 1.82) is 0 Å². The third-order valence-electron chi connectivity index (χ3n) is 3.36. The van der Waals surface area contributed by atoms with Gasteiger partial charge in [-0.15, -0.1) is 0 Å². The van der Waals surface area contributed by atoms with Crippen LogP contribution in [-0.2, 0) is 0 Å². The zero-order valence-electron chi connectivity index (χ0n) is 10.4. The van der Waals surface area contributed by atoms with E-state index in [4.69, 9.17) is 10.8 Å². The minimum absolute atomic E-state index is 0.182. The summed E-state index contributed by atoms with van der Waals surface area (Å²) in [6, 6.07) is 5.41. The largest absolute Gasteiger partial charge is 0.395 e. The maximum Gasteiger partial charge on any atom is 0.267 e. The number of piperidine rings is 1. The van der Waals surface area contributed by atoms with Crippen molar-refractivity contribution in [3.05, 3.63) is 29.6 Å². The van der Waals surface area contributed by atoms with Crippen LogP contribution < -0.4 is 5.73 Å². The fourth-order valence-corrected chi connectivity index (χ4v) is 2.46. The number of likely N-dealkylation sites (tertiary alicyclic amines) is 1. The number of hydrogen-bond donors (Lipinski definition) is 2. The summed E-state index contributed by atoms with van der Waals surface area (Å²) in [7, 11) is 0. The van der Waals surface area contributed by atoms with Gasteiger partial charge in [-0.05, 0) is 31.5 Å². The van der Waals surface area contributed by atoms with Crippen LogP contribution in [0.5, 0.6) is 0 Å². The zero-order chi connectivity index (χ0) is 13.0. The summed E-state index contributed by atoms with van der Waals surface area (Å²) in [4.78, 5) is 17.7. The van der Waals surface area contributed by atoms with Crippen LogP contribution in [-0.4, -0.2) is 47.1 Å². The highest BCUT2D eigenvalue weighted by Gasteiger charge is 2.22. The molecular weight excluding hydrogens is 230 g/mol. The molecule has 0 spiro atoms. The van der Waals surface area contributed by atoms with Crippen LogP contribution in [0.4, 0.5) is 0 Å². The van der Waals surface area contributed by atoms with E-state index in [-0.39, 0.29) is 6.61 Å². The van der Waals surface area contributed by atoms with Crippen LogP contribution in [0.15, 0.2) is 18.2 Å². The number of β-amino-alcohol motifs (C(OH)–C–C–N with tert-alkyl or cyclic N) is 1. The van der Waals surface area contributed by atoms with E-state index < -0.39 is 5.91 Å². The molecule has 1 atom stereocenters. The number of nitrogens with two attached hydrogens (primary N) is 1. The minimum atomic E-state index is -0.486. The average Bonchev–Trinajstić information content (AvgIpc) is 2.39. The number of pyridine rings is 1. The summed E-state index contributed by atoms with van der Waals surface area (Å²) in [6.07, 6.45) is 2.16. The Labute approximate surface area is 107 Å². The topological polar surface area (TPSA) is 79.5 Å². The smallest absolute Gasteiger partial charge is 0.267 e. The number of carbonyl (C=O) groups is 1. The van der Waals surface area contributed by atoms with Crippen molar-refractivity contribution in [1.82, 2.24) is 9.88 Å². The normalized spacial score (nSPS) is 20.8. The van der Waals surface area contributed by atoms with E-state index >= 15 is 0 Å². The van der Waals surface area contributed by atoms with Gasteiger partial charge in [0.25, 0.3) is 5.91 Å². The van der Waals surface area contributed by atoms with Gasteiger partial charge in [-0.25, -0.2) is 4.98 Å². The van der Waals surface area contributed by atoms with Gasteiger partial charge in [0.15, 0.2) is 0 Å². The second-order valence-corrected chi connectivity index (χ2v) is 4.68. The highest BCUT2D eigenvalue weighted by atomic mass is 16.3. The van der Waals surface area contributed by atoms with Gasteiger partial charge < -0.3 is 15.7 Å². The number of aliphatic hydroxyl groups excluding tert-OH is 1. The first-order chi connectivity index (χ1) is 8.70. The molecule has 1 aliphatic heterocycles. The lowest BCUT2D eigenvalue weighted by molar-refractivity contribution is 0.0995. The molecule has 2 rings (SSSR count). The molecule has 0 aromatic carbocycles. The number of aliphatic hydroxyl groups is 1. The van der Waals surface area contributed by atoms with Crippen molar-refractivity contribution in [3.8, 4) is 0 Å². The molecule has 1 aromatic rings. The maximum absolute atomic E-state index is 11.1. The zero-order valence-corrected chi connectivity index (χ0v) is 10.4. The van der Waals surface area contributed by atoms with Gasteiger partial charge in [0.1, 0.15) is 5.69 Å².